The van der Waals surface area contributed by atoms with Gasteiger partial charge in [0, 0.05) is 22.0 Å². The van der Waals surface area contributed by atoms with Gasteiger partial charge in [0.2, 0.25) is 15.9 Å². The Kier molecular flexibility index (Phi) is 5.86. The highest BCUT2D eigenvalue weighted by atomic mass is 35.5. The molecule has 0 spiro atoms. The highest BCUT2D eigenvalue weighted by molar-refractivity contribution is 8.00. The van der Waals surface area contributed by atoms with Crippen LogP contribution in [0.3, 0.4) is 0 Å². The monoisotopic (exact) mass is 424 g/mol. The molecule has 2 atom stereocenters. The molecule has 0 bridgehead atoms. The summed E-state index contributed by atoms with van der Waals surface area (Å²) < 4.78 is 23.1. The number of nitrogens with two attached hydrogens (primary N) is 1. The minimum absolute atomic E-state index is 0.00965. The molecule has 0 saturated heterocycles. The van der Waals surface area contributed by atoms with Gasteiger partial charge in [-0.05, 0) is 61.7 Å². The van der Waals surface area contributed by atoms with E-state index in [9.17, 15) is 13.2 Å². The number of fused-ring (bicyclic) bond motifs is 1. The molecule has 0 fully saturated rings. The molecule has 0 radical (unpaired) electrons. The minimum Gasteiger partial charge on any atom is -0.308 e. The standard InChI is InChI=1S/C19H21ClN2O3S2/c1-12-9-15-10-17(27(21,24)25)7-8-18(15)22(12)19(23)11-26-13(2)14-3-5-16(20)6-4-14/h3-8,10,12-13H,9,11H2,1-2H3,(H2,21,24,25). The van der Waals surface area contributed by atoms with Gasteiger partial charge in [-0.15, -0.1) is 11.8 Å². The SMILES string of the molecule is CC(SCC(=O)N1c2ccc(S(N)(=O)=O)cc2CC1C)c1ccc(Cl)cc1. The highest BCUT2D eigenvalue weighted by Crippen LogP contribution is 2.35. The summed E-state index contributed by atoms with van der Waals surface area (Å²) in [5, 5.41) is 6.05. The van der Waals surface area contributed by atoms with Crippen molar-refractivity contribution < 1.29 is 13.2 Å². The summed E-state index contributed by atoms with van der Waals surface area (Å²) in [4.78, 5) is 14.7. The van der Waals surface area contributed by atoms with Crippen molar-refractivity contribution in [1.29, 1.82) is 0 Å². The van der Waals surface area contributed by atoms with Crippen LogP contribution in [0.1, 0.15) is 30.2 Å². The van der Waals surface area contributed by atoms with E-state index < -0.39 is 10.0 Å². The maximum atomic E-state index is 12.8. The molecule has 0 aromatic heterocycles. The van der Waals surface area contributed by atoms with Crippen LogP contribution in [0, 0.1) is 0 Å². The molecule has 2 unspecified atom stereocenters. The average molecular weight is 425 g/mol. The summed E-state index contributed by atoms with van der Waals surface area (Å²) in [7, 11) is -3.75. The molecule has 2 aromatic rings. The topological polar surface area (TPSA) is 80.5 Å². The molecule has 2 N–H and O–H groups in total. The van der Waals surface area contributed by atoms with Crippen LogP contribution >= 0.6 is 23.4 Å². The lowest BCUT2D eigenvalue weighted by Crippen LogP contribution is -2.37. The summed E-state index contributed by atoms with van der Waals surface area (Å²) in [6.45, 7) is 4.02. The first-order chi connectivity index (χ1) is 12.7. The number of primary sulfonamides is 1. The zero-order chi connectivity index (χ0) is 19.8. The van der Waals surface area contributed by atoms with Gasteiger partial charge in [0.25, 0.3) is 0 Å². The van der Waals surface area contributed by atoms with Gasteiger partial charge < -0.3 is 4.90 Å². The maximum absolute atomic E-state index is 12.8. The Bertz CT molecular complexity index is 961. The average Bonchev–Trinajstić information content (AvgIpc) is 2.94. The van der Waals surface area contributed by atoms with E-state index in [1.165, 1.54) is 6.07 Å². The van der Waals surface area contributed by atoms with Crippen LogP contribution in [0.4, 0.5) is 5.69 Å². The zero-order valence-corrected chi connectivity index (χ0v) is 17.4. The van der Waals surface area contributed by atoms with Gasteiger partial charge in [-0.25, -0.2) is 13.6 Å². The normalized spacial score (nSPS) is 17.6. The summed E-state index contributed by atoms with van der Waals surface area (Å²) in [6, 6.07) is 12.3. The number of halogens is 1. The van der Waals surface area contributed by atoms with Gasteiger partial charge in [-0.2, -0.15) is 0 Å². The predicted molar refractivity (Wildman–Crippen MR) is 111 cm³/mol. The quantitative estimate of drug-likeness (QED) is 0.792. The Hall–Kier alpha value is -1.54. The van der Waals surface area contributed by atoms with Crippen LogP contribution in [-0.4, -0.2) is 26.1 Å². The molecule has 3 rings (SSSR count). The molecule has 144 valence electrons. The van der Waals surface area contributed by atoms with Crippen LogP contribution in [0.25, 0.3) is 0 Å². The molecular weight excluding hydrogens is 404 g/mol. The number of nitrogens with zero attached hydrogens (tertiary/aromatic N) is 1. The number of benzene rings is 2. The number of amides is 1. The number of hydrogen-bond donors (Lipinski definition) is 1. The van der Waals surface area contributed by atoms with E-state index in [1.807, 2.05) is 31.2 Å². The van der Waals surface area contributed by atoms with E-state index in [2.05, 4.69) is 6.92 Å². The molecule has 8 heteroatoms. The van der Waals surface area contributed by atoms with Gasteiger partial charge in [0.15, 0.2) is 0 Å². The second-order valence-electron chi connectivity index (χ2n) is 6.66. The second-order valence-corrected chi connectivity index (χ2v) is 9.98. The Labute approximate surface area is 168 Å². The van der Waals surface area contributed by atoms with Crippen LogP contribution in [0.2, 0.25) is 5.02 Å². The Morgan fingerprint density at radius 2 is 1.96 bits per heavy atom. The first-order valence-corrected chi connectivity index (χ1v) is 11.5. The second kappa shape index (κ2) is 7.83. The molecule has 1 aliphatic rings. The first kappa shape index (κ1) is 20.2. The number of carbonyl (C=O) groups is 1. The zero-order valence-electron chi connectivity index (χ0n) is 15.1. The smallest absolute Gasteiger partial charge is 0.238 e. The first-order valence-electron chi connectivity index (χ1n) is 8.51. The van der Waals surface area contributed by atoms with E-state index in [0.29, 0.717) is 17.2 Å². The lowest BCUT2D eigenvalue weighted by atomic mass is 10.1. The molecule has 27 heavy (non-hydrogen) atoms. The van der Waals surface area contributed by atoms with Crippen molar-refractivity contribution in [2.45, 2.75) is 36.5 Å². The molecule has 1 amide bonds. The number of anilines is 1. The number of thioether (sulfide) groups is 1. The predicted octanol–water partition coefficient (Wildman–Crippen LogP) is 3.76. The third-order valence-corrected chi connectivity index (χ3v) is 7.01. The number of rotatable bonds is 5. The van der Waals surface area contributed by atoms with Crippen molar-refractivity contribution in [2.24, 2.45) is 5.14 Å². The lowest BCUT2D eigenvalue weighted by molar-refractivity contribution is -0.116. The molecule has 5 nitrogen and oxygen atoms in total. The van der Waals surface area contributed by atoms with Crippen molar-refractivity contribution in [2.75, 3.05) is 10.7 Å². The summed E-state index contributed by atoms with van der Waals surface area (Å²) in [5.41, 5.74) is 2.71. The van der Waals surface area contributed by atoms with Crippen molar-refractivity contribution in [1.82, 2.24) is 0 Å². The van der Waals surface area contributed by atoms with Crippen molar-refractivity contribution in [3.63, 3.8) is 0 Å². The molecule has 2 aromatic carbocycles. The van der Waals surface area contributed by atoms with Crippen molar-refractivity contribution in [3.05, 3.63) is 58.6 Å². The summed E-state index contributed by atoms with van der Waals surface area (Å²) >= 11 is 7.48. The van der Waals surface area contributed by atoms with Crippen molar-refractivity contribution in [3.8, 4) is 0 Å². The molecule has 1 aliphatic heterocycles. The number of hydrogen-bond acceptors (Lipinski definition) is 4. The summed E-state index contributed by atoms with van der Waals surface area (Å²) in [5.74, 6) is 0.347. The van der Waals surface area contributed by atoms with Crippen LogP contribution in [0.5, 0.6) is 0 Å². The molecule has 1 heterocycles. The lowest BCUT2D eigenvalue weighted by Gasteiger charge is -2.23. The Morgan fingerprint density at radius 1 is 1.30 bits per heavy atom. The van der Waals surface area contributed by atoms with Gasteiger partial charge >= 0.3 is 0 Å². The highest BCUT2D eigenvalue weighted by Gasteiger charge is 2.31. The van der Waals surface area contributed by atoms with E-state index in [-0.39, 0.29) is 22.1 Å². The van der Waals surface area contributed by atoms with Crippen LogP contribution in [0.15, 0.2) is 47.4 Å². The number of carbonyl (C=O) groups excluding carboxylic acids is 1. The van der Waals surface area contributed by atoms with Crippen LogP contribution < -0.4 is 10.0 Å². The van der Waals surface area contributed by atoms with Crippen molar-refractivity contribution >= 4 is 45.0 Å². The van der Waals surface area contributed by atoms with Gasteiger partial charge in [0.1, 0.15) is 0 Å². The summed E-state index contributed by atoms with van der Waals surface area (Å²) in [6.07, 6.45) is 0.613. The molecule has 0 saturated carbocycles. The third-order valence-electron chi connectivity index (χ3n) is 4.66. The fourth-order valence-electron chi connectivity index (χ4n) is 3.26. The van der Waals surface area contributed by atoms with Gasteiger partial charge in [-0.3, -0.25) is 4.79 Å². The van der Waals surface area contributed by atoms with E-state index in [0.717, 1.165) is 16.8 Å². The minimum atomic E-state index is -3.75. The Morgan fingerprint density at radius 3 is 2.59 bits per heavy atom. The van der Waals surface area contributed by atoms with Gasteiger partial charge in [-0.1, -0.05) is 23.7 Å². The fourth-order valence-corrected chi connectivity index (χ4v) is 4.83. The third kappa shape index (κ3) is 4.48. The van der Waals surface area contributed by atoms with Crippen LogP contribution in [-0.2, 0) is 21.2 Å². The Balaban J connectivity index is 1.71. The largest absolute Gasteiger partial charge is 0.308 e. The van der Waals surface area contributed by atoms with E-state index in [4.69, 9.17) is 16.7 Å². The van der Waals surface area contributed by atoms with E-state index >= 15 is 0 Å². The van der Waals surface area contributed by atoms with E-state index in [1.54, 1.807) is 28.8 Å². The number of sulfonamides is 1. The van der Waals surface area contributed by atoms with Gasteiger partial charge in [0.05, 0.1) is 10.6 Å². The molecular formula is C19H21ClN2O3S2. The molecule has 0 aliphatic carbocycles. The fraction of sp³-hybridized carbons (Fsp3) is 0.316. The maximum Gasteiger partial charge on any atom is 0.238 e.